The SMILES string of the molecule is CC(C)Oc1ccc(-c2nc(-c3ccc4[nH]ncc4c3)no2)cc1C1C=N1. The highest BCUT2D eigenvalue weighted by Crippen LogP contribution is 2.36. The summed E-state index contributed by atoms with van der Waals surface area (Å²) in [5.74, 6) is 1.84. The summed E-state index contributed by atoms with van der Waals surface area (Å²) in [6.07, 6.45) is 3.77. The summed E-state index contributed by atoms with van der Waals surface area (Å²) in [4.78, 5) is 8.83. The van der Waals surface area contributed by atoms with Gasteiger partial charge in [0.05, 0.1) is 17.8 Å². The maximum absolute atomic E-state index is 5.89. The van der Waals surface area contributed by atoms with Crippen LogP contribution in [0.15, 0.2) is 52.1 Å². The van der Waals surface area contributed by atoms with Gasteiger partial charge in [-0.25, -0.2) is 0 Å². The Kier molecular flexibility index (Phi) is 3.53. The van der Waals surface area contributed by atoms with Gasteiger partial charge < -0.3 is 9.26 Å². The fourth-order valence-electron chi connectivity index (χ4n) is 3.02. The molecule has 5 rings (SSSR count). The molecule has 1 aliphatic heterocycles. The van der Waals surface area contributed by atoms with Gasteiger partial charge in [-0.3, -0.25) is 10.1 Å². The van der Waals surface area contributed by atoms with Crippen molar-refractivity contribution in [1.82, 2.24) is 20.3 Å². The lowest BCUT2D eigenvalue weighted by Crippen LogP contribution is -2.07. The molecule has 0 saturated heterocycles. The van der Waals surface area contributed by atoms with E-state index in [0.717, 1.165) is 33.3 Å². The van der Waals surface area contributed by atoms with Crippen LogP contribution in [-0.2, 0) is 0 Å². The fraction of sp³-hybridized carbons (Fsp3) is 0.200. The number of hydrogen-bond donors (Lipinski definition) is 1. The van der Waals surface area contributed by atoms with E-state index >= 15 is 0 Å². The molecule has 4 aromatic rings. The van der Waals surface area contributed by atoms with Crippen molar-refractivity contribution in [1.29, 1.82) is 0 Å². The highest BCUT2D eigenvalue weighted by molar-refractivity contribution is 5.83. The van der Waals surface area contributed by atoms with E-state index in [1.807, 2.05) is 56.5 Å². The van der Waals surface area contributed by atoms with Crippen LogP contribution in [0.3, 0.4) is 0 Å². The number of aromatic amines is 1. The molecule has 27 heavy (non-hydrogen) atoms. The molecule has 2 aromatic carbocycles. The number of ether oxygens (including phenoxy) is 1. The second-order valence-electron chi connectivity index (χ2n) is 6.76. The third-order valence-electron chi connectivity index (χ3n) is 4.36. The molecule has 0 aliphatic carbocycles. The van der Waals surface area contributed by atoms with Gasteiger partial charge in [0.15, 0.2) is 0 Å². The number of benzene rings is 2. The van der Waals surface area contributed by atoms with Crippen molar-refractivity contribution >= 4 is 17.1 Å². The van der Waals surface area contributed by atoms with E-state index in [1.54, 1.807) is 6.20 Å². The van der Waals surface area contributed by atoms with E-state index in [2.05, 4.69) is 25.3 Å². The number of nitrogens with one attached hydrogen (secondary N) is 1. The smallest absolute Gasteiger partial charge is 0.258 e. The van der Waals surface area contributed by atoms with Gasteiger partial charge in [-0.15, -0.1) is 0 Å². The van der Waals surface area contributed by atoms with Gasteiger partial charge in [0.1, 0.15) is 11.8 Å². The number of aliphatic imine (C=N–C) groups is 1. The Hall–Kier alpha value is -3.48. The van der Waals surface area contributed by atoms with E-state index in [-0.39, 0.29) is 12.1 Å². The molecule has 0 fully saturated rings. The summed E-state index contributed by atoms with van der Waals surface area (Å²) in [6.45, 7) is 4.01. The molecule has 0 bridgehead atoms. The van der Waals surface area contributed by atoms with Crippen molar-refractivity contribution in [2.75, 3.05) is 0 Å². The summed E-state index contributed by atoms with van der Waals surface area (Å²) in [6, 6.07) is 11.8. The first-order chi connectivity index (χ1) is 13.2. The highest BCUT2D eigenvalue weighted by Gasteiger charge is 2.23. The van der Waals surface area contributed by atoms with Crippen LogP contribution in [0.25, 0.3) is 33.7 Å². The summed E-state index contributed by atoms with van der Waals surface area (Å²) in [7, 11) is 0. The summed E-state index contributed by atoms with van der Waals surface area (Å²) in [5.41, 5.74) is 3.71. The number of aromatic nitrogens is 4. The van der Waals surface area contributed by atoms with Crippen LogP contribution in [0.1, 0.15) is 25.5 Å². The summed E-state index contributed by atoms with van der Waals surface area (Å²) in [5, 5.41) is 12.1. The van der Waals surface area contributed by atoms with Crippen molar-refractivity contribution in [3.63, 3.8) is 0 Å². The van der Waals surface area contributed by atoms with Crippen molar-refractivity contribution in [3.8, 4) is 28.6 Å². The highest BCUT2D eigenvalue weighted by atomic mass is 16.5. The van der Waals surface area contributed by atoms with Crippen LogP contribution in [-0.4, -0.2) is 32.7 Å². The first kappa shape index (κ1) is 15.7. The van der Waals surface area contributed by atoms with E-state index in [0.29, 0.717) is 11.7 Å². The Bertz CT molecular complexity index is 1150. The summed E-state index contributed by atoms with van der Waals surface area (Å²) < 4.78 is 11.4. The van der Waals surface area contributed by atoms with Gasteiger partial charge in [-0.2, -0.15) is 10.1 Å². The van der Waals surface area contributed by atoms with Crippen LogP contribution in [0, 0.1) is 0 Å². The topological polar surface area (TPSA) is 89.2 Å². The van der Waals surface area contributed by atoms with Gasteiger partial charge in [-0.05, 0) is 50.2 Å². The molecule has 7 nitrogen and oxygen atoms in total. The van der Waals surface area contributed by atoms with Crippen molar-refractivity contribution in [2.45, 2.75) is 26.0 Å². The summed E-state index contributed by atoms with van der Waals surface area (Å²) >= 11 is 0. The molecule has 0 amide bonds. The molecule has 0 radical (unpaired) electrons. The van der Waals surface area contributed by atoms with Crippen LogP contribution in [0.2, 0.25) is 0 Å². The van der Waals surface area contributed by atoms with E-state index in [9.17, 15) is 0 Å². The third-order valence-corrected chi connectivity index (χ3v) is 4.36. The Morgan fingerprint density at radius 1 is 1.11 bits per heavy atom. The minimum absolute atomic E-state index is 0.0737. The molecular weight excluding hydrogens is 342 g/mol. The van der Waals surface area contributed by atoms with Gasteiger partial charge in [0, 0.05) is 28.3 Å². The van der Waals surface area contributed by atoms with E-state index in [4.69, 9.17) is 9.26 Å². The largest absolute Gasteiger partial charge is 0.491 e. The predicted octanol–water partition coefficient (Wildman–Crippen LogP) is 4.19. The molecule has 3 heterocycles. The lowest BCUT2D eigenvalue weighted by atomic mass is 10.1. The zero-order chi connectivity index (χ0) is 18.4. The Morgan fingerprint density at radius 2 is 1.96 bits per heavy atom. The van der Waals surface area contributed by atoms with Crippen LogP contribution in [0.5, 0.6) is 5.75 Å². The minimum atomic E-state index is 0.0737. The van der Waals surface area contributed by atoms with Crippen LogP contribution in [0.4, 0.5) is 0 Å². The zero-order valence-corrected chi connectivity index (χ0v) is 14.9. The van der Waals surface area contributed by atoms with Gasteiger partial charge in [0.2, 0.25) is 5.82 Å². The second-order valence-corrected chi connectivity index (χ2v) is 6.76. The average Bonchev–Trinajstić information content (AvgIpc) is 3.19. The van der Waals surface area contributed by atoms with Crippen LogP contribution >= 0.6 is 0 Å². The molecule has 0 spiro atoms. The Balaban J connectivity index is 1.49. The number of fused-ring (bicyclic) bond motifs is 1. The first-order valence-corrected chi connectivity index (χ1v) is 8.79. The predicted molar refractivity (Wildman–Crippen MR) is 102 cm³/mol. The number of H-pyrrole nitrogens is 1. The molecular formula is C20H17N5O2. The van der Waals surface area contributed by atoms with Crippen molar-refractivity contribution in [3.05, 3.63) is 48.2 Å². The Labute approximate surface area is 155 Å². The van der Waals surface area contributed by atoms with Crippen molar-refractivity contribution < 1.29 is 9.26 Å². The molecule has 1 atom stereocenters. The number of hydrogen-bond acceptors (Lipinski definition) is 6. The molecule has 134 valence electrons. The molecule has 7 heteroatoms. The van der Waals surface area contributed by atoms with E-state index in [1.165, 1.54) is 0 Å². The second kappa shape index (κ2) is 6.05. The maximum Gasteiger partial charge on any atom is 0.258 e. The van der Waals surface area contributed by atoms with Crippen LogP contribution < -0.4 is 4.74 Å². The quantitative estimate of drug-likeness (QED) is 0.577. The Morgan fingerprint density at radius 3 is 2.78 bits per heavy atom. The van der Waals surface area contributed by atoms with Gasteiger partial charge in [-0.1, -0.05) is 5.16 Å². The number of rotatable bonds is 5. The third kappa shape index (κ3) is 2.97. The first-order valence-electron chi connectivity index (χ1n) is 8.79. The lowest BCUT2D eigenvalue weighted by Gasteiger charge is -2.14. The maximum atomic E-state index is 5.89. The van der Waals surface area contributed by atoms with Gasteiger partial charge >= 0.3 is 0 Å². The normalized spacial score (nSPS) is 15.6. The molecule has 1 N–H and O–H groups in total. The lowest BCUT2D eigenvalue weighted by molar-refractivity contribution is 0.240. The zero-order valence-electron chi connectivity index (χ0n) is 14.9. The molecule has 1 aliphatic rings. The molecule has 2 aromatic heterocycles. The number of nitrogens with zero attached hydrogens (tertiary/aromatic N) is 4. The minimum Gasteiger partial charge on any atom is -0.491 e. The van der Waals surface area contributed by atoms with Gasteiger partial charge in [0.25, 0.3) is 5.89 Å². The average molecular weight is 359 g/mol. The standard InChI is InChI=1S/C20H17N5O2/c1-11(2)26-18-6-4-13(8-15(18)17-10-21-17)20-23-19(25-27-20)12-3-5-16-14(7-12)9-22-24-16/h3-11,17H,1-2H3,(H,22,24). The monoisotopic (exact) mass is 359 g/mol. The van der Waals surface area contributed by atoms with Crippen molar-refractivity contribution in [2.24, 2.45) is 4.99 Å². The fourth-order valence-corrected chi connectivity index (χ4v) is 3.02. The molecule has 1 unspecified atom stereocenters. The van der Waals surface area contributed by atoms with E-state index < -0.39 is 0 Å². The molecule has 0 saturated carbocycles.